The number of benzene rings is 2. The van der Waals surface area contributed by atoms with Crippen molar-refractivity contribution in [1.82, 2.24) is 5.32 Å². The fraction of sp³-hybridized carbons (Fsp3) is 0.381. The highest BCUT2D eigenvalue weighted by molar-refractivity contribution is 5.94. The molecule has 1 saturated carbocycles. The van der Waals surface area contributed by atoms with Crippen LogP contribution >= 0.6 is 0 Å². The van der Waals surface area contributed by atoms with Gasteiger partial charge in [-0.05, 0) is 61.6 Å². The average Bonchev–Trinajstić information content (AvgIpc) is 3.29. The lowest BCUT2D eigenvalue weighted by molar-refractivity contribution is 0.0933. The van der Waals surface area contributed by atoms with Crippen LogP contribution in [0.1, 0.15) is 41.6 Å². The van der Waals surface area contributed by atoms with Crippen molar-refractivity contribution < 1.29 is 14.3 Å². The fourth-order valence-electron chi connectivity index (χ4n) is 3.56. The monoisotopic (exact) mass is 337 g/mol. The van der Waals surface area contributed by atoms with Crippen molar-refractivity contribution >= 4 is 5.91 Å². The molecule has 1 aliphatic heterocycles. The van der Waals surface area contributed by atoms with Crippen molar-refractivity contribution in [2.75, 3.05) is 6.54 Å². The number of carbonyl (C=O) groups excluding carboxylic acids is 1. The molecule has 0 unspecified atom stereocenters. The van der Waals surface area contributed by atoms with E-state index in [4.69, 9.17) is 9.47 Å². The summed E-state index contributed by atoms with van der Waals surface area (Å²) >= 11 is 0. The van der Waals surface area contributed by atoms with Gasteiger partial charge in [0.25, 0.3) is 5.91 Å². The number of nitrogens with one attached hydrogen (secondary N) is 1. The van der Waals surface area contributed by atoms with E-state index in [0.717, 1.165) is 30.8 Å². The summed E-state index contributed by atoms with van der Waals surface area (Å²) < 4.78 is 11.8. The first-order valence-electron chi connectivity index (χ1n) is 9.07. The smallest absolute Gasteiger partial charge is 0.251 e. The fourth-order valence-corrected chi connectivity index (χ4v) is 3.56. The maximum atomic E-state index is 12.3. The molecule has 0 spiro atoms. The Morgan fingerprint density at radius 2 is 1.84 bits per heavy atom. The molecule has 0 bridgehead atoms. The molecule has 1 heterocycles. The van der Waals surface area contributed by atoms with Gasteiger partial charge in [0.15, 0.2) is 0 Å². The minimum Gasteiger partial charge on any atom is -0.490 e. The quantitative estimate of drug-likeness (QED) is 0.904. The summed E-state index contributed by atoms with van der Waals surface area (Å²) in [6, 6.07) is 15.4. The molecule has 0 saturated heterocycles. The number of fused-ring (bicyclic) bond motifs is 1. The summed E-state index contributed by atoms with van der Waals surface area (Å²) in [5, 5.41) is 2.96. The molecule has 0 aromatic heterocycles. The van der Waals surface area contributed by atoms with Gasteiger partial charge in [0, 0.05) is 12.0 Å². The maximum Gasteiger partial charge on any atom is 0.251 e. The van der Waals surface area contributed by atoms with Gasteiger partial charge in [-0.3, -0.25) is 4.79 Å². The van der Waals surface area contributed by atoms with E-state index in [0.29, 0.717) is 18.2 Å². The largest absolute Gasteiger partial charge is 0.490 e. The van der Waals surface area contributed by atoms with Crippen molar-refractivity contribution in [1.29, 1.82) is 0 Å². The molecule has 1 amide bonds. The van der Waals surface area contributed by atoms with Gasteiger partial charge in [0.2, 0.25) is 0 Å². The third-order valence-corrected chi connectivity index (χ3v) is 4.93. The Bertz CT molecular complexity index is 710. The number of carbonyl (C=O) groups is 1. The zero-order valence-corrected chi connectivity index (χ0v) is 14.2. The van der Waals surface area contributed by atoms with Crippen LogP contribution in [0.2, 0.25) is 0 Å². The van der Waals surface area contributed by atoms with Gasteiger partial charge in [-0.15, -0.1) is 0 Å². The van der Waals surface area contributed by atoms with Gasteiger partial charge >= 0.3 is 0 Å². The maximum absolute atomic E-state index is 12.3. The van der Waals surface area contributed by atoms with Gasteiger partial charge in [-0.25, -0.2) is 0 Å². The van der Waals surface area contributed by atoms with Crippen LogP contribution in [0, 0.1) is 0 Å². The first-order chi connectivity index (χ1) is 12.3. The van der Waals surface area contributed by atoms with Crippen LogP contribution in [0.5, 0.6) is 11.5 Å². The van der Waals surface area contributed by atoms with Crippen LogP contribution in [-0.2, 0) is 6.42 Å². The Balaban J connectivity index is 1.28. The number of hydrogen-bond acceptors (Lipinski definition) is 3. The molecule has 4 nitrogen and oxygen atoms in total. The van der Waals surface area contributed by atoms with Gasteiger partial charge in [0.05, 0.1) is 12.6 Å². The van der Waals surface area contributed by atoms with E-state index in [1.54, 1.807) is 0 Å². The zero-order chi connectivity index (χ0) is 17.1. The number of ether oxygens (including phenoxy) is 2. The van der Waals surface area contributed by atoms with Crippen LogP contribution < -0.4 is 14.8 Å². The van der Waals surface area contributed by atoms with Crippen LogP contribution in [0.4, 0.5) is 0 Å². The lowest BCUT2D eigenvalue weighted by Gasteiger charge is -2.14. The van der Waals surface area contributed by atoms with E-state index in [1.165, 1.54) is 18.4 Å². The summed E-state index contributed by atoms with van der Waals surface area (Å²) in [6.45, 7) is 0.508. The van der Waals surface area contributed by atoms with Gasteiger partial charge in [-0.1, -0.05) is 18.2 Å². The lowest BCUT2D eigenvalue weighted by atomic mass is 10.1. The SMILES string of the molecule is O=C(NC[C@@H]1Cc2ccccc2O1)c1ccc(OC2CCCC2)cc1. The van der Waals surface area contributed by atoms with E-state index in [-0.39, 0.29) is 12.0 Å². The topological polar surface area (TPSA) is 47.6 Å². The second-order valence-corrected chi connectivity index (χ2v) is 6.81. The lowest BCUT2D eigenvalue weighted by Crippen LogP contribution is -2.34. The minimum absolute atomic E-state index is 0.00585. The van der Waals surface area contributed by atoms with Gasteiger partial charge in [0.1, 0.15) is 17.6 Å². The number of amides is 1. The van der Waals surface area contributed by atoms with Crippen LogP contribution in [0.15, 0.2) is 48.5 Å². The first-order valence-corrected chi connectivity index (χ1v) is 9.07. The molecule has 130 valence electrons. The summed E-state index contributed by atoms with van der Waals surface area (Å²) in [7, 11) is 0. The highest BCUT2D eigenvalue weighted by atomic mass is 16.5. The summed E-state index contributed by atoms with van der Waals surface area (Å²) in [6.07, 6.45) is 5.94. The van der Waals surface area contributed by atoms with E-state index in [2.05, 4.69) is 11.4 Å². The first kappa shape index (κ1) is 16.0. The van der Waals surface area contributed by atoms with Crippen molar-refractivity contribution in [2.24, 2.45) is 0 Å². The van der Waals surface area contributed by atoms with Crippen LogP contribution in [0.3, 0.4) is 0 Å². The summed E-state index contributed by atoms with van der Waals surface area (Å²) in [5.74, 6) is 1.69. The Kier molecular flexibility index (Phi) is 4.59. The third-order valence-electron chi connectivity index (χ3n) is 4.93. The number of para-hydroxylation sites is 1. The third kappa shape index (κ3) is 3.78. The van der Waals surface area contributed by atoms with Crippen LogP contribution in [-0.4, -0.2) is 24.7 Å². The molecule has 1 atom stereocenters. The molecule has 0 radical (unpaired) electrons. The molecule has 4 rings (SSSR count). The van der Waals surface area contributed by atoms with Gasteiger partial charge < -0.3 is 14.8 Å². The molecule has 1 fully saturated rings. The Morgan fingerprint density at radius 3 is 2.60 bits per heavy atom. The average molecular weight is 337 g/mol. The molecule has 1 aliphatic carbocycles. The minimum atomic E-state index is -0.0769. The Hall–Kier alpha value is -2.49. The normalized spacial score (nSPS) is 19.3. The molecular formula is C21H23NO3. The van der Waals surface area contributed by atoms with E-state index >= 15 is 0 Å². The Labute approximate surface area is 148 Å². The highest BCUT2D eigenvalue weighted by Crippen LogP contribution is 2.28. The second-order valence-electron chi connectivity index (χ2n) is 6.81. The second kappa shape index (κ2) is 7.18. The van der Waals surface area contributed by atoms with Crippen molar-refractivity contribution in [3.05, 3.63) is 59.7 Å². The Morgan fingerprint density at radius 1 is 1.08 bits per heavy atom. The van der Waals surface area contributed by atoms with E-state index < -0.39 is 0 Å². The highest BCUT2D eigenvalue weighted by Gasteiger charge is 2.23. The standard InChI is InChI=1S/C21H23NO3/c23-21(22-14-19-13-16-5-1-4-8-20(16)25-19)15-9-11-18(12-10-15)24-17-6-2-3-7-17/h1,4-5,8-12,17,19H,2-3,6-7,13-14H2,(H,22,23)/t19-/m0/s1. The van der Waals surface area contributed by atoms with E-state index in [9.17, 15) is 4.79 Å². The number of hydrogen-bond donors (Lipinski definition) is 1. The molecule has 1 N–H and O–H groups in total. The predicted octanol–water partition coefficient (Wildman–Crippen LogP) is 3.74. The molecule has 2 aliphatic rings. The molecular weight excluding hydrogens is 314 g/mol. The zero-order valence-electron chi connectivity index (χ0n) is 14.2. The van der Waals surface area contributed by atoms with E-state index in [1.807, 2.05) is 42.5 Å². The van der Waals surface area contributed by atoms with Crippen molar-refractivity contribution in [2.45, 2.75) is 44.3 Å². The molecule has 4 heteroatoms. The van der Waals surface area contributed by atoms with Crippen molar-refractivity contribution in [3.8, 4) is 11.5 Å². The molecule has 2 aromatic carbocycles. The number of rotatable bonds is 5. The van der Waals surface area contributed by atoms with Gasteiger partial charge in [-0.2, -0.15) is 0 Å². The molecule has 2 aromatic rings. The summed E-state index contributed by atoms with van der Waals surface area (Å²) in [4.78, 5) is 12.3. The van der Waals surface area contributed by atoms with Crippen molar-refractivity contribution in [3.63, 3.8) is 0 Å². The predicted molar refractivity (Wildman–Crippen MR) is 96.2 cm³/mol. The molecule has 25 heavy (non-hydrogen) atoms. The summed E-state index contributed by atoms with van der Waals surface area (Å²) in [5.41, 5.74) is 1.85. The van der Waals surface area contributed by atoms with Crippen LogP contribution in [0.25, 0.3) is 0 Å².